The SMILES string of the molecule is CCOc1cc(C(=O)Nc2cnn(C)c2C(=O)O)ccc1OC(F)F. The minimum absolute atomic E-state index is 0.00543. The minimum atomic E-state index is -3.03. The number of nitrogens with one attached hydrogen (secondary N) is 1. The number of halogens is 2. The number of alkyl halides is 2. The second-order valence-corrected chi connectivity index (χ2v) is 4.76. The number of hydrogen-bond acceptors (Lipinski definition) is 5. The van der Waals surface area contributed by atoms with Crippen molar-refractivity contribution in [3.05, 3.63) is 35.7 Å². The minimum Gasteiger partial charge on any atom is -0.490 e. The zero-order chi connectivity index (χ0) is 18.6. The number of carboxylic acid groups (broad SMARTS) is 1. The number of carbonyl (C=O) groups is 2. The first-order chi connectivity index (χ1) is 11.8. The van der Waals surface area contributed by atoms with Gasteiger partial charge in [-0.2, -0.15) is 13.9 Å². The molecule has 1 aromatic carbocycles. The highest BCUT2D eigenvalue weighted by Crippen LogP contribution is 2.30. The number of carboxylic acids is 1. The smallest absolute Gasteiger partial charge is 0.387 e. The number of anilines is 1. The van der Waals surface area contributed by atoms with Gasteiger partial charge in [-0.25, -0.2) is 4.79 Å². The van der Waals surface area contributed by atoms with Gasteiger partial charge in [0.05, 0.1) is 18.5 Å². The van der Waals surface area contributed by atoms with Crippen LogP contribution in [-0.2, 0) is 7.05 Å². The second-order valence-electron chi connectivity index (χ2n) is 4.76. The largest absolute Gasteiger partial charge is 0.490 e. The summed E-state index contributed by atoms with van der Waals surface area (Å²) in [7, 11) is 1.42. The Balaban J connectivity index is 2.27. The summed E-state index contributed by atoms with van der Waals surface area (Å²) in [6.45, 7) is -1.21. The molecule has 10 heteroatoms. The summed E-state index contributed by atoms with van der Waals surface area (Å²) in [6.07, 6.45) is 1.19. The van der Waals surface area contributed by atoms with Crippen LogP contribution in [-0.4, -0.2) is 40.0 Å². The molecule has 1 aromatic heterocycles. The van der Waals surface area contributed by atoms with E-state index in [1.165, 1.54) is 31.4 Å². The van der Waals surface area contributed by atoms with Crippen molar-refractivity contribution in [2.24, 2.45) is 7.05 Å². The molecule has 1 heterocycles. The average molecular weight is 355 g/mol. The van der Waals surface area contributed by atoms with E-state index >= 15 is 0 Å². The maximum absolute atomic E-state index is 12.4. The van der Waals surface area contributed by atoms with Crippen molar-refractivity contribution in [2.45, 2.75) is 13.5 Å². The zero-order valence-corrected chi connectivity index (χ0v) is 13.3. The number of aromatic carboxylic acids is 1. The van der Waals surface area contributed by atoms with Crippen LogP contribution in [0.25, 0.3) is 0 Å². The van der Waals surface area contributed by atoms with Crippen molar-refractivity contribution in [3.8, 4) is 11.5 Å². The lowest BCUT2D eigenvalue weighted by molar-refractivity contribution is -0.0514. The Kier molecular flexibility index (Phi) is 5.52. The van der Waals surface area contributed by atoms with Crippen molar-refractivity contribution in [1.82, 2.24) is 9.78 Å². The summed E-state index contributed by atoms with van der Waals surface area (Å²) in [4.78, 5) is 23.5. The zero-order valence-electron chi connectivity index (χ0n) is 13.3. The lowest BCUT2D eigenvalue weighted by atomic mass is 10.2. The number of carbonyl (C=O) groups excluding carboxylic acids is 1. The molecule has 0 aliphatic rings. The molecule has 8 nitrogen and oxygen atoms in total. The molecular formula is C15H15F2N3O5. The summed E-state index contributed by atoms with van der Waals surface area (Å²) in [5.41, 5.74) is -0.118. The predicted molar refractivity (Wildman–Crippen MR) is 82.4 cm³/mol. The van der Waals surface area contributed by atoms with Crippen LogP contribution in [0, 0.1) is 0 Å². The Morgan fingerprint density at radius 3 is 2.68 bits per heavy atom. The third-order valence-corrected chi connectivity index (χ3v) is 3.11. The highest BCUT2D eigenvalue weighted by atomic mass is 19.3. The number of amides is 1. The van der Waals surface area contributed by atoms with Gasteiger partial charge in [0.2, 0.25) is 0 Å². The molecule has 0 saturated carbocycles. The molecule has 2 N–H and O–H groups in total. The molecule has 2 rings (SSSR count). The standard InChI is InChI=1S/C15H15F2N3O5/c1-3-24-11-6-8(4-5-10(11)25-15(16)17)13(21)19-9-7-18-20(2)12(9)14(22)23/h4-7,15H,3H2,1-2H3,(H,19,21)(H,22,23). The van der Waals surface area contributed by atoms with Crippen molar-refractivity contribution >= 4 is 17.6 Å². The fourth-order valence-corrected chi connectivity index (χ4v) is 2.09. The summed E-state index contributed by atoms with van der Waals surface area (Å²) in [5.74, 6) is -2.15. The van der Waals surface area contributed by atoms with E-state index in [0.717, 1.165) is 4.68 Å². The predicted octanol–water partition coefficient (Wildman–Crippen LogP) is 2.37. The van der Waals surface area contributed by atoms with Crippen molar-refractivity contribution < 1.29 is 33.0 Å². The monoisotopic (exact) mass is 355 g/mol. The molecule has 0 fully saturated rings. The summed E-state index contributed by atoms with van der Waals surface area (Å²) in [6, 6.07) is 3.66. The van der Waals surface area contributed by atoms with Crippen LogP contribution in [0.2, 0.25) is 0 Å². The normalized spacial score (nSPS) is 10.6. The van der Waals surface area contributed by atoms with Crippen LogP contribution in [0.4, 0.5) is 14.5 Å². The number of hydrogen-bond donors (Lipinski definition) is 2. The summed E-state index contributed by atoms with van der Waals surface area (Å²) < 4.78 is 35.4. The van der Waals surface area contributed by atoms with E-state index in [2.05, 4.69) is 15.2 Å². The number of nitrogens with zero attached hydrogens (tertiary/aromatic N) is 2. The molecule has 25 heavy (non-hydrogen) atoms. The first-order valence-corrected chi connectivity index (χ1v) is 7.11. The van der Waals surface area contributed by atoms with E-state index in [1.807, 2.05) is 0 Å². The molecule has 2 aromatic rings. The molecule has 0 spiro atoms. The van der Waals surface area contributed by atoms with Gasteiger partial charge in [0, 0.05) is 12.6 Å². The topological polar surface area (TPSA) is 103 Å². The number of aryl methyl sites for hydroxylation is 1. The molecule has 0 saturated heterocycles. The first-order valence-electron chi connectivity index (χ1n) is 7.11. The fraction of sp³-hybridized carbons (Fsp3) is 0.267. The molecule has 0 unspecified atom stereocenters. The molecular weight excluding hydrogens is 340 g/mol. The van der Waals surface area contributed by atoms with Crippen LogP contribution < -0.4 is 14.8 Å². The van der Waals surface area contributed by atoms with Crippen LogP contribution in [0.15, 0.2) is 24.4 Å². The second kappa shape index (κ2) is 7.60. The Bertz CT molecular complexity index is 791. The fourth-order valence-electron chi connectivity index (χ4n) is 2.09. The van der Waals surface area contributed by atoms with Crippen LogP contribution in [0.5, 0.6) is 11.5 Å². The third kappa shape index (κ3) is 4.22. The Morgan fingerprint density at radius 1 is 1.36 bits per heavy atom. The molecule has 0 atom stereocenters. The van der Waals surface area contributed by atoms with Gasteiger partial charge >= 0.3 is 12.6 Å². The van der Waals surface area contributed by atoms with Crippen LogP contribution in [0.3, 0.4) is 0 Å². The number of rotatable bonds is 7. The maximum Gasteiger partial charge on any atom is 0.387 e. The van der Waals surface area contributed by atoms with E-state index in [9.17, 15) is 18.4 Å². The Morgan fingerprint density at radius 2 is 2.08 bits per heavy atom. The lowest BCUT2D eigenvalue weighted by Crippen LogP contribution is -2.16. The maximum atomic E-state index is 12.4. The van der Waals surface area contributed by atoms with Gasteiger partial charge < -0.3 is 19.9 Å². The number of ether oxygens (including phenoxy) is 2. The van der Waals surface area contributed by atoms with Gasteiger partial charge in [-0.1, -0.05) is 0 Å². The van der Waals surface area contributed by atoms with Crippen molar-refractivity contribution in [2.75, 3.05) is 11.9 Å². The molecule has 0 aliphatic heterocycles. The number of benzene rings is 1. The first kappa shape index (κ1) is 18.2. The van der Waals surface area contributed by atoms with Crippen LogP contribution in [0.1, 0.15) is 27.8 Å². The van der Waals surface area contributed by atoms with Gasteiger partial charge in [0.1, 0.15) is 0 Å². The van der Waals surface area contributed by atoms with Gasteiger partial charge in [-0.3, -0.25) is 9.48 Å². The molecule has 134 valence electrons. The van der Waals surface area contributed by atoms with E-state index in [0.29, 0.717) is 0 Å². The molecule has 1 amide bonds. The quantitative estimate of drug-likeness (QED) is 0.790. The summed E-state index contributed by atoms with van der Waals surface area (Å²) in [5, 5.41) is 15.3. The van der Waals surface area contributed by atoms with Gasteiger partial charge in [0.25, 0.3) is 5.91 Å². The van der Waals surface area contributed by atoms with E-state index in [1.54, 1.807) is 6.92 Å². The van der Waals surface area contributed by atoms with Crippen molar-refractivity contribution in [3.63, 3.8) is 0 Å². The molecule has 0 radical (unpaired) electrons. The van der Waals surface area contributed by atoms with Gasteiger partial charge in [-0.15, -0.1) is 0 Å². The van der Waals surface area contributed by atoms with E-state index < -0.39 is 18.5 Å². The molecule has 0 aliphatic carbocycles. The van der Waals surface area contributed by atoms with Crippen LogP contribution >= 0.6 is 0 Å². The third-order valence-electron chi connectivity index (χ3n) is 3.11. The van der Waals surface area contributed by atoms with Gasteiger partial charge in [0.15, 0.2) is 17.2 Å². The Hall–Kier alpha value is -3.17. The summed E-state index contributed by atoms with van der Waals surface area (Å²) >= 11 is 0. The van der Waals surface area contributed by atoms with Crippen molar-refractivity contribution in [1.29, 1.82) is 0 Å². The molecule has 0 bridgehead atoms. The lowest BCUT2D eigenvalue weighted by Gasteiger charge is -2.12. The van der Waals surface area contributed by atoms with Gasteiger partial charge in [-0.05, 0) is 25.1 Å². The average Bonchev–Trinajstić information content (AvgIpc) is 2.89. The van der Waals surface area contributed by atoms with E-state index in [-0.39, 0.29) is 35.1 Å². The highest BCUT2D eigenvalue weighted by molar-refractivity contribution is 6.07. The highest BCUT2D eigenvalue weighted by Gasteiger charge is 2.20. The number of aromatic nitrogens is 2. The van der Waals surface area contributed by atoms with E-state index in [4.69, 9.17) is 9.84 Å². The Labute approximate surface area is 141 Å².